The highest BCUT2D eigenvalue weighted by molar-refractivity contribution is 7.99. The minimum atomic E-state index is -0.488. The van der Waals surface area contributed by atoms with Crippen molar-refractivity contribution in [3.05, 3.63) is 60.2 Å². The third kappa shape index (κ3) is 10.2. The summed E-state index contributed by atoms with van der Waals surface area (Å²) in [6.07, 6.45) is 7.60. The molecule has 0 bridgehead atoms. The summed E-state index contributed by atoms with van der Waals surface area (Å²) in [6, 6.07) is 19.3. The number of hydrogen-bond acceptors (Lipinski definition) is 7. The average molecular weight is 635 g/mol. The van der Waals surface area contributed by atoms with E-state index in [0.717, 1.165) is 68.7 Å². The topological polar surface area (TPSA) is 71.8 Å². The van der Waals surface area contributed by atoms with Gasteiger partial charge in [-0.2, -0.15) is 5.10 Å². The van der Waals surface area contributed by atoms with Gasteiger partial charge in [0.2, 0.25) is 0 Å². The van der Waals surface area contributed by atoms with Gasteiger partial charge in [0.05, 0.1) is 13.2 Å². The zero-order valence-corrected chi connectivity index (χ0v) is 28.3. The number of aromatic nitrogens is 2. The summed E-state index contributed by atoms with van der Waals surface area (Å²) in [5.41, 5.74) is 5.31. The van der Waals surface area contributed by atoms with Crippen LogP contribution in [0.1, 0.15) is 71.3 Å². The molecule has 2 fully saturated rings. The Morgan fingerprint density at radius 2 is 1.73 bits per heavy atom. The molecule has 244 valence electrons. The smallest absolute Gasteiger partial charge is 0.332 e. The van der Waals surface area contributed by atoms with Gasteiger partial charge in [-0.3, -0.25) is 4.68 Å². The summed E-state index contributed by atoms with van der Waals surface area (Å²) in [4.78, 5) is 12.0. The lowest BCUT2D eigenvalue weighted by Crippen LogP contribution is -2.28. The standard InChI is InChI=1S/C37H50N2O5S/c1-27-11-10-14-31(23-27)34-35(30-12-6-5-7-13-30)38-39(36(34)45-22-21-43-33-15-8-9-20-42-33)24-28-16-18-29(19-17-28)25-41-26-32(40)44-37(2,3)4/h5-7,10-14,23,28-29,33H,8-9,15-22,24-26H2,1-4H3/t28-,29-,33?. The van der Waals surface area contributed by atoms with Crippen LogP contribution in [-0.4, -0.2) is 59.8 Å². The van der Waals surface area contributed by atoms with Crippen LogP contribution in [0.4, 0.5) is 0 Å². The van der Waals surface area contributed by atoms with Crippen LogP contribution in [0.5, 0.6) is 0 Å². The van der Waals surface area contributed by atoms with Gasteiger partial charge in [0.25, 0.3) is 0 Å². The van der Waals surface area contributed by atoms with Gasteiger partial charge in [-0.15, -0.1) is 11.8 Å². The van der Waals surface area contributed by atoms with Crippen molar-refractivity contribution in [1.82, 2.24) is 9.78 Å². The van der Waals surface area contributed by atoms with Crippen LogP contribution in [0.25, 0.3) is 22.4 Å². The molecule has 7 nitrogen and oxygen atoms in total. The Morgan fingerprint density at radius 3 is 2.44 bits per heavy atom. The van der Waals surface area contributed by atoms with Gasteiger partial charge in [-0.1, -0.05) is 60.2 Å². The first-order valence-corrected chi connectivity index (χ1v) is 17.6. The maximum atomic E-state index is 12.0. The molecule has 0 N–H and O–H groups in total. The largest absolute Gasteiger partial charge is 0.458 e. The molecule has 1 atom stereocenters. The van der Waals surface area contributed by atoms with Crippen LogP contribution >= 0.6 is 11.8 Å². The summed E-state index contributed by atoms with van der Waals surface area (Å²) in [7, 11) is 0. The maximum Gasteiger partial charge on any atom is 0.332 e. The van der Waals surface area contributed by atoms with E-state index in [1.807, 2.05) is 32.5 Å². The van der Waals surface area contributed by atoms with E-state index in [4.69, 9.17) is 24.0 Å². The molecular formula is C37H50N2O5S. The van der Waals surface area contributed by atoms with Crippen molar-refractivity contribution in [1.29, 1.82) is 0 Å². The number of carbonyl (C=O) groups excluding carboxylic acids is 1. The molecular weight excluding hydrogens is 584 g/mol. The normalized spacial score (nSPS) is 20.7. The van der Waals surface area contributed by atoms with Crippen molar-refractivity contribution in [2.75, 3.05) is 32.2 Å². The van der Waals surface area contributed by atoms with E-state index in [1.165, 1.54) is 28.1 Å². The van der Waals surface area contributed by atoms with Crippen molar-refractivity contribution in [3.63, 3.8) is 0 Å². The van der Waals surface area contributed by atoms with Crippen LogP contribution in [0.3, 0.4) is 0 Å². The molecule has 2 heterocycles. The molecule has 1 saturated heterocycles. The number of thioether (sulfide) groups is 1. The van der Waals surface area contributed by atoms with Crippen molar-refractivity contribution in [3.8, 4) is 22.4 Å². The molecule has 0 radical (unpaired) electrons. The van der Waals surface area contributed by atoms with Crippen LogP contribution in [-0.2, 0) is 30.3 Å². The second-order valence-corrected chi connectivity index (χ2v) is 14.5. The number of rotatable bonds is 13. The Labute approximate surface area is 273 Å². The number of aryl methyl sites for hydroxylation is 1. The van der Waals surface area contributed by atoms with Crippen molar-refractivity contribution >= 4 is 17.7 Å². The summed E-state index contributed by atoms with van der Waals surface area (Å²) in [6.45, 7) is 10.7. The second kappa shape index (κ2) is 16.3. The molecule has 5 rings (SSSR count). The van der Waals surface area contributed by atoms with Crippen LogP contribution in [0, 0.1) is 18.8 Å². The fraction of sp³-hybridized carbons (Fsp3) is 0.568. The molecule has 1 aliphatic carbocycles. The van der Waals surface area contributed by atoms with E-state index in [1.54, 1.807) is 0 Å². The minimum Gasteiger partial charge on any atom is -0.458 e. The zero-order valence-electron chi connectivity index (χ0n) is 27.5. The lowest BCUT2D eigenvalue weighted by Gasteiger charge is -2.29. The van der Waals surface area contributed by atoms with E-state index < -0.39 is 5.60 Å². The quantitative estimate of drug-likeness (QED) is 0.106. The maximum absolute atomic E-state index is 12.0. The van der Waals surface area contributed by atoms with Gasteiger partial charge in [0.15, 0.2) is 6.29 Å². The van der Waals surface area contributed by atoms with Crippen LogP contribution in [0.15, 0.2) is 59.6 Å². The summed E-state index contributed by atoms with van der Waals surface area (Å²) in [5, 5.41) is 6.52. The first-order valence-electron chi connectivity index (χ1n) is 16.6. The fourth-order valence-corrected chi connectivity index (χ4v) is 7.24. The summed E-state index contributed by atoms with van der Waals surface area (Å²) in [5.74, 6) is 1.54. The van der Waals surface area contributed by atoms with Gasteiger partial charge in [-0.05, 0) is 90.0 Å². The molecule has 1 saturated carbocycles. The van der Waals surface area contributed by atoms with E-state index in [-0.39, 0.29) is 18.9 Å². The van der Waals surface area contributed by atoms with E-state index >= 15 is 0 Å². The van der Waals surface area contributed by atoms with Gasteiger partial charge in [0.1, 0.15) is 22.9 Å². The molecule has 8 heteroatoms. The Balaban J connectivity index is 1.29. The highest BCUT2D eigenvalue weighted by atomic mass is 32.2. The van der Waals surface area contributed by atoms with Crippen LogP contribution < -0.4 is 0 Å². The lowest BCUT2D eigenvalue weighted by atomic mass is 9.82. The van der Waals surface area contributed by atoms with Gasteiger partial charge < -0.3 is 18.9 Å². The van der Waals surface area contributed by atoms with Gasteiger partial charge in [0, 0.05) is 30.0 Å². The molecule has 3 aromatic rings. The number of carbonyl (C=O) groups is 1. The number of hydrogen-bond donors (Lipinski definition) is 0. The minimum absolute atomic E-state index is 0.0195. The number of esters is 1. The highest BCUT2D eigenvalue weighted by Crippen LogP contribution is 2.41. The average Bonchev–Trinajstić information content (AvgIpc) is 3.38. The first kappa shape index (κ1) is 33.7. The predicted octanol–water partition coefficient (Wildman–Crippen LogP) is 8.33. The molecule has 2 aromatic carbocycles. The van der Waals surface area contributed by atoms with E-state index in [9.17, 15) is 4.79 Å². The molecule has 45 heavy (non-hydrogen) atoms. The molecule has 2 aliphatic rings. The van der Waals surface area contributed by atoms with Crippen molar-refractivity contribution < 1.29 is 23.7 Å². The van der Waals surface area contributed by atoms with E-state index in [0.29, 0.717) is 25.0 Å². The Kier molecular flexibility index (Phi) is 12.2. The summed E-state index contributed by atoms with van der Waals surface area (Å²) < 4.78 is 25.3. The molecule has 0 spiro atoms. The highest BCUT2D eigenvalue weighted by Gasteiger charge is 2.27. The number of ether oxygens (including phenoxy) is 4. The SMILES string of the molecule is Cc1cccc(-c2c(-c3ccccc3)nn(C[C@H]3CC[C@H](COCC(=O)OC(C)(C)C)CC3)c2SCCOC2CCCCO2)c1. The zero-order chi connectivity index (χ0) is 31.6. The molecule has 1 aliphatic heterocycles. The molecule has 1 aromatic heterocycles. The third-order valence-electron chi connectivity index (χ3n) is 8.41. The van der Waals surface area contributed by atoms with Gasteiger partial charge >= 0.3 is 5.97 Å². The van der Waals surface area contributed by atoms with Gasteiger partial charge in [-0.25, -0.2) is 4.79 Å². The van der Waals surface area contributed by atoms with Crippen molar-refractivity contribution in [2.24, 2.45) is 11.8 Å². The Morgan fingerprint density at radius 1 is 0.978 bits per heavy atom. The van der Waals surface area contributed by atoms with Crippen LogP contribution in [0.2, 0.25) is 0 Å². The Bertz CT molecular complexity index is 1350. The third-order valence-corrected chi connectivity index (χ3v) is 9.47. The lowest BCUT2D eigenvalue weighted by molar-refractivity contribution is -0.160. The monoisotopic (exact) mass is 634 g/mol. The van der Waals surface area contributed by atoms with Crippen molar-refractivity contribution in [2.45, 2.75) is 96.1 Å². The fourth-order valence-electron chi connectivity index (χ4n) is 6.24. The number of benzene rings is 2. The first-order chi connectivity index (χ1) is 21.7. The van der Waals surface area contributed by atoms with E-state index in [2.05, 4.69) is 66.2 Å². The second-order valence-electron chi connectivity index (χ2n) is 13.5. The number of nitrogens with zero attached hydrogens (tertiary/aromatic N) is 2. The summed E-state index contributed by atoms with van der Waals surface area (Å²) >= 11 is 1.84. The molecule has 0 amide bonds. The molecule has 1 unspecified atom stereocenters. The predicted molar refractivity (Wildman–Crippen MR) is 180 cm³/mol. The Hall–Kier alpha value is -2.65.